The Kier molecular flexibility index (Phi) is 8.78. The number of hydrogen-bond acceptors (Lipinski definition) is 6. The zero-order valence-electron chi connectivity index (χ0n) is 21.5. The molecule has 3 aromatic carbocycles. The minimum absolute atomic E-state index is 0.00687. The fourth-order valence-electron chi connectivity index (χ4n) is 3.90. The van der Waals surface area contributed by atoms with Crippen LogP contribution in [0.15, 0.2) is 70.7 Å². The van der Waals surface area contributed by atoms with Gasteiger partial charge in [0.05, 0.1) is 16.8 Å². The highest BCUT2D eigenvalue weighted by Crippen LogP contribution is 2.38. The highest BCUT2D eigenvalue weighted by Gasteiger charge is 2.34. The molecular weight excluding hydrogens is 582 g/mol. The van der Waals surface area contributed by atoms with Gasteiger partial charge in [-0.1, -0.05) is 30.3 Å². The molecular formula is C29H26BrN3O5S. The number of benzene rings is 3. The molecule has 0 unspecified atom stereocenters. The number of thiocarbonyl (C=S) groups is 1. The molecule has 3 aromatic rings. The lowest BCUT2D eigenvalue weighted by Gasteiger charge is -2.28. The van der Waals surface area contributed by atoms with Gasteiger partial charge in [0.25, 0.3) is 17.7 Å². The fraction of sp³-hybridized carbons (Fsp3) is 0.172. The van der Waals surface area contributed by atoms with Crippen molar-refractivity contribution in [3.05, 3.63) is 87.4 Å². The lowest BCUT2D eigenvalue weighted by molar-refractivity contribution is -0.122. The average molecular weight is 609 g/mol. The Morgan fingerprint density at radius 2 is 1.82 bits per heavy atom. The molecule has 1 heterocycles. The number of halogens is 1. The smallest absolute Gasteiger partial charge is 0.270 e. The normalized spacial score (nSPS) is 14.3. The highest BCUT2D eigenvalue weighted by molar-refractivity contribution is 9.10. The first-order valence-electron chi connectivity index (χ1n) is 12.1. The first kappa shape index (κ1) is 28.0. The lowest BCUT2D eigenvalue weighted by Crippen LogP contribution is -2.54. The number of nitrogens with zero attached hydrogens (tertiary/aromatic N) is 1. The minimum atomic E-state index is -0.602. The number of amides is 3. The maximum absolute atomic E-state index is 13.3. The number of para-hydroxylation sites is 1. The van der Waals surface area contributed by atoms with E-state index >= 15 is 0 Å². The molecule has 1 fully saturated rings. The molecule has 0 aromatic heterocycles. The standard InChI is InChI=1S/C29H26BrN3O5S/c1-4-37-24-15-19(13-21-27(35)32-29(39)33(28(21)36)20-8-6-5-7-9-20)14-22(30)26(24)38-16-25(34)31-23-12-17(2)10-11-18(23)3/h5-15H,4,16H2,1-3H3,(H,31,34)(H,32,35,39)/b21-13-. The molecule has 0 radical (unpaired) electrons. The van der Waals surface area contributed by atoms with Crippen molar-refractivity contribution < 1.29 is 23.9 Å². The summed E-state index contributed by atoms with van der Waals surface area (Å²) < 4.78 is 12.1. The van der Waals surface area contributed by atoms with E-state index in [1.54, 1.807) is 36.4 Å². The Morgan fingerprint density at radius 1 is 1.08 bits per heavy atom. The van der Waals surface area contributed by atoms with Crippen molar-refractivity contribution in [3.63, 3.8) is 0 Å². The quantitative estimate of drug-likeness (QED) is 0.204. The third-order valence-corrected chi connectivity index (χ3v) is 6.65. The van der Waals surface area contributed by atoms with Crippen LogP contribution in [-0.4, -0.2) is 36.0 Å². The Hall–Kier alpha value is -4.02. The maximum Gasteiger partial charge on any atom is 0.270 e. The van der Waals surface area contributed by atoms with Gasteiger partial charge in [-0.2, -0.15) is 0 Å². The largest absolute Gasteiger partial charge is 0.490 e. The van der Waals surface area contributed by atoms with Gasteiger partial charge >= 0.3 is 0 Å². The first-order valence-corrected chi connectivity index (χ1v) is 13.3. The van der Waals surface area contributed by atoms with Crippen molar-refractivity contribution in [3.8, 4) is 11.5 Å². The zero-order valence-corrected chi connectivity index (χ0v) is 23.9. The summed E-state index contributed by atoms with van der Waals surface area (Å²) in [6, 6.07) is 17.9. The van der Waals surface area contributed by atoms with E-state index < -0.39 is 11.8 Å². The third kappa shape index (κ3) is 6.52. The van der Waals surface area contributed by atoms with E-state index in [9.17, 15) is 14.4 Å². The predicted octanol–water partition coefficient (Wildman–Crippen LogP) is 5.31. The molecule has 1 aliphatic heterocycles. The molecule has 8 nitrogen and oxygen atoms in total. The molecule has 0 atom stereocenters. The highest BCUT2D eigenvalue weighted by atomic mass is 79.9. The predicted molar refractivity (Wildman–Crippen MR) is 158 cm³/mol. The topological polar surface area (TPSA) is 97.0 Å². The second-order valence-corrected chi connectivity index (χ2v) is 9.95. The van der Waals surface area contributed by atoms with Gasteiger partial charge in [-0.05, 0) is 102 Å². The van der Waals surface area contributed by atoms with Crippen LogP contribution < -0.4 is 25.0 Å². The first-order chi connectivity index (χ1) is 18.7. The van der Waals surface area contributed by atoms with Crippen molar-refractivity contribution in [1.82, 2.24) is 5.32 Å². The third-order valence-electron chi connectivity index (χ3n) is 5.77. The van der Waals surface area contributed by atoms with E-state index in [1.165, 1.54) is 11.0 Å². The number of carbonyl (C=O) groups excluding carboxylic acids is 3. The van der Waals surface area contributed by atoms with E-state index in [0.717, 1.165) is 11.1 Å². The molecule has 2 N–H and O–H groups in total. The monoisotopic (exact) mass is 607 g/mol. The van der Waals surface area contributed by atoms with Crippen molar-refractivity contribution in [1.29, 1.82) is 0 Å². The molecule has 0 spiro atoms. The summed E-state index contributed by atoms with van der Waals surface area (Å²) in [5.74, 6) is -0.813. The second kappa shape index (κ2) is 12.2. The molecule has 200 valence electrons. The molecule has 0 bridgehead atoms. The summed E-state index contributed by atoms with van der Waals surface area (Å²) in [6.07, 6.45) is 1.46. The minimum Gasteiger partial charge on any atom is -0.490 e. The van der Waals surface area contributed by atoms with Crippen LogP contribution in [0.5, 0.6) is 11.5 Å². The molecule has 0 aliphatic carbocycles. The van der Waals surface area contributed by atoms with Crippen LogP contribution >= 0.6 is 28.1 Å². The lowest BCUT2D eigenvalue weighted by atomic mass is 10.1. The number of nitrogens with one attached hydrogen (secondary N) is 2. The molecule has 3 amide bonds. The van der Waals surface area contributed by atoms with Crippen LogP contribution in [0, 0.1) is 13.8 Å². The number of ether oxygens (including phenoxy) is 2. The van der Waals surface area contributed by atoms with Gasteiger partial charge in [0.2, 0.25) is 0 Å². The van der Waals surface area contributed by atoms with Crippen molar-refractivity contribution in [2.24, 2.45) is 0 Å². The van der Waals surface area contributed by atoms with Gasteiger partial charge in [-0.25, -0.2) is 0 Å². The molecule has 1 aliphatic rings. The SMILES string of the molecule is CCOc1cc(/C=C2/C(=O)NC(=S)N(c3ccccc3)C2=O)cc(Br)c1OCC(=O)Nc1cc(C)ccc1C. The van der Waals surface area contributed by atoms with Gasteiger partial charge in [0.1, 0.15) is 5.57 Å². The van der Waals surface area contributed by atoms with Crippen LogP contribution in [0.4, 0.5) is 11.4 Å². The van der Waals surface area contributed by atoms with Gasteiger partial charge in [-0.3, -0.25) is 24.6 Å². The Labute approximate surface area is 240 Å². The second-order valence-electron chi connectivity index (χ2n) is 8.71. The van der Waals surface area contributed by atoms with Crippen LogP contribution in [0.3, 0.4) is 0 Å². The number of aryl methyl sites for hydroxylation is 2. The van der Waals surface area contributed by atoms with E-state index in [-0.39, 0.29) is 23.2 Å². The molecule has 4 rings (SSSR count). The van der Waals surface area contributed by atoms with Crippen LogP contribution in [0.2, 0.25) is 0 Å². The van der Waals surface area contributed by atoms with E-state index in [1.807, 2.05) is 45.0 Å². The number of anilines is 2. The molecule has 39 heavy (non-hydrogen) atoms. The van der Waals surface area contributed by atoms with Crippen molar-refractivity contribution >= 4 is 68.4 Å². The van der Waals surface area contributed by atoms with Crippen molar-refractivity contribution in [2.75, 3.05) is 23.4 Å². The Bertz CT molecular complexity index is 1490. The van der Waals surface area contributed by atoms with Crippen LogP contribution in [0.1, 0.15) is 23.6 Å². The average Bonchev–Trinajstić information content (AvgIpc) is 2.89. The summed E-state index contributed by atoms with van der Waals surface area (Å²) in [5, 5.41) is 5.44. The van der Waals surface area contributed by atoms with Gasteiger partial charge < -0.3 is 14.8 Å². The van der Waals surface area contributed by atoms with Gasteiger partial charge in [0.15, 0.2) is 23.2 Å². The van der Waals surface area contributed by atoms with E-state index in [0.29, 0.717) is 39.5 Å². The summed E-state index contributed by atoms with van der Waals surface area (Å²) in [4.78, 5) is 39.9. The summed E-state index contributed by atoms with van der Waals surface area (Å²) in [6.45, 7) is 5.75. The summed E-state index contributed by atoms with van der Waals surface area (Å²) in [5.41, 5.74) is 3.64. The van der Waals surface area contributed by atoms with E-state index in [2.05, 4.69) is 26.6 Å². The van der Waals surface area contributed by atoms with Gasteiger partial charge in [0, 0.05) is 5.69 Å². The molecule has 10 heteroatoms. The summed E-state index contributed by atoms with van der Waals surface area (Å²) in [7, 11) is 0. The summed E-state index contributed by atoms with van der Waals surface area (Å²) >= 11 is 8.72. The zero-order chi connectivity index (χ0) is 28.1. The van der Waals surface area contributed by atoms with Crippen LogP contribution in [-0.2, 0) is 14.4 Å². The number of carbonyl (C=O) groups is 3. The Balaban J connectivity index is 1.58. The van der Waals surface area contributed by atoms with Crippen LogP contribution in [0.25, 0.3) is 6.08 Å². The molecule has 1 saturated heterocycles. The van der Waals surface area contributed by atoms with E-state index in [4.69, 9.17) is 21.7 Å². The number of hydrogen-bond donors (Lipinski definition) is 2. The van der Waals surface area contributed by atoms with Gasteiger partial charge in [-0.15, -0.1) is 0 Å². The fourth-order valence-corrected chi connectivity index (χ4v) is 4.76. The number of rotatable bonds is 8. The Morgan fingerprint density at radius 3 is 2.54 bits per heavy atom. The molecule has 0 saturated carbocycles. The maximum atomic E-state index is 13.3. The van der Waals surface area contributed by atoms with Crippen molar-refractivity contribution in [2.45, 2.75) is 20.8 Å².